The molecule has 1 aromatic heterocycles. The molecule has 1 aromatic rings. The van der Waals surface area contributed by atoms with Crippen molar-refractivity contribution in [3.63, 3.8) is 0 Å². The fourth-order valence-electron chi connectivity index (χ4n) is 1.17. The quantitative estimate of drug-likeness (QED) is 0.732. The van der Waals surface area contributed by atoms with Gasteiger partial charge in [0.25, 0.3) is 0 Å². The molecular weight excluding hydrogens is 198 g/mol. The fraction of sp³-hybridized carbons (Fsp3) is 0.667. The molecule has 0 radical (unpaired) electrons. The zero-order chi connectivity index (χ0) is 10.4. The van der Waals surface area contributed by atoms with E-state index in [0.29, 0.717) is 5.82 Å². The molecule has 5 heteroatoms. The van der Waals surface area contributed by atoms with Crippen molar-refractivity contribution in [3.05, 3.63) is 6.07 Å². The third-order valence-electron chi connectivity index (χ3n) is 1.92. The fourth-order valence-corrected chi connectivity index (χ4v) is 1.93. The van der Waals surface area contributed by atoms with Crippen LogP contribution in [0.15, 0.2) is 6.07 Å². The molecule has 0 aliphatic rings. The van der Waals surface area contributed by atoms with E-state index in [4.69, 9.17) is 10.5 Å². The number of anilines is 2. The van der Waals surface area contributed by atoms with Gasteiger partial charge in [-0.1, -0.05) is 0 Å². The number of nitrogen functional groups attached to an aromatic ring is 1. The average Bonchev–Trinajstić information content (AvgIpc) is 2.60. The number of hydrogen-bond donors (Lipinski definition) is 1. The Hall–Kier alpha value is -0.810. The minimum atomic E-state index is 0.597. The zero-order valence-corrected chi connectivity index (χ0v) is 9.51. The SMILES string of the molecule is CCOCCN(CC)c1cc(N)ns1. The van der Waals surface area contributed by atoms with Gasteiger partial charge in [0.1, 0.15) is 10.8 Å². The molecule has 0 aromatic carbocycles. The summed E-state index contributed by atoms with van der Waals surface area (Å²) in [7, 11) is 0. The maximum absolute atomic E-state index is 5.57. The van der Waals surface area contributed by atoms with Crippen molar-refractivity contribution in [2.24, 2.45) is 0 Å². The molecule has 14 heavy (non-hydrogen) atoms. The summed E-state index contributed by atoms with van der Waals surface area (Å²) in [5.41, 5.74) is 5.57. The Bertz CT molecular complexity index is 264. The molecule has 1 rings (SSSR count). The first-order valence-electron chi connectivity index (χ1n) is 4.82. The number of rotatable bonds is 6. The van der Waals surface area contributed by atoms with E-state index in [1.165, 1.54) is 11.5 Å². The first-order valence-corrected chi connectivity index (χ1v) is 5.60. The van der Waals surface area contributed by atoms with Crippen molar-refractivity contribution in [1.29, 1.82) is 0 Å². The summed E-state index contributed by atoms with van der Waals surface area (Å²) in [5.74, 6) is 0.597. The van der Waals surface area contributed by atoms with Crippen LogP contribution in [0.25, 0.3) is 0 Å². The largest absolute Gasteiger partial charge is 0.383 e. The second-order valence-corrected chi connectivity index (χ2v) is 3.65. The normalized spacial score (nSPS) is 10.4. The summed E-state index contributed by atoms with van der Waals surface area (Å²) in [6, 6.07) is 1.90. The molecule has 2 N–H and O–H groups in total. The minimum Gasteiger partial charge on any atom is -0.383 e. The zero-order valence-electron chi connectivity index (χ0n) is 8.69. The van der Waals surface area contributed by atoms with E-state index in [0.717, 1.165) is 31.3 Å². The van der Waals surface area contributed by atoms with Gasteiger partial charge < -0.3 is 15.4 Å². The number of aromatic nitrogens is 1. The molecule has 0 amide bonds. The topological polar surface area (TPSA) is 51.4 Å². The van der Waals surface area contributed by atoms with E-state index in [9.17, 15) is 0 Å². The Balaban J connectivity index is 2.45. The third kappa shape index (κ3) is 3.16. The Morgan fingerprint density at radius 2 is 2.36 bits per heavy atom. The van der Waals surface area contributed by atoms with Gasteiger partial charge in [-0.15, -0.1) is 0 Å². The molecule has 0 atom stereocenters. The summed E-state index contributed by atoms with van der Waals surface area (Å²) in [4.78, 5) is 2.21. The predicted molar refractivity (Wildman–Crippen MR) is 60.9 cm³/mol. The lowest BCUT2D eigenvalue weighted by atomic mass is 10.5. The Morgan fingerprint density at radius 1 is 1.57 bits per heavy atom. The highest BCUT2D eigenvalue weighted by Crippen LogP contribution is 2.22. The van der Waals surface area contributed by atoms with E-state index in [1.807, 2.05) is 13.0 Å². The minimum absolute atomic E-state index is 0.597. The number of nitrogens with two attached hydrogens (primary N) is 1. The van der Waals surface area contributed by atoms with Crippen LogP contribution in [0, 0.1) is 0 Å². The molecule has 0 saturated carbocycles. The maximum Gasteiger partial charge on any atom is 0.139 e. The summed E-state index contributed by atoms with van der Waals surface area (Å²) in [5, 5.41) is 1.12. The second-order valence-electron chi connectivity index (χ2n) is 2.87. The van der Waals surface area contributed by atoms with Crippen molar-refractivity contribution >= 4 is 22.4 Å². The highest BCUT2D eigenvalue weighted by Gasteiger charge is 2.06. The van der Waals surface area contributed by atoms with Gasteiger partial charge in [0.05, 0.1) is 6.61 Å². The summed E-state index contributed by atoms with van der Waals surface area (Å²) in [6.45, 7) is 7.48. The summed E-state index contributed by atoms with van der Waals surface area (Å²) >= 11 is 1.44. The smallest absolute Gasteiger partial charge is 0.139 e. The molecule has 0 aliphatic heterocycles. The van der Waals surface area contributed by atoms with Crippen LogP contribution >= 0.6 is 11.5 Å². The molecule has 0 aliphatic carbocycles. The Kier molecular flexibility index (Phi) is 4.69. The van der Waals surface area contributed by atoms with Crippen molar-refractivity contribution in [3.8, 4) is 0 Å². The van der Waals surface area contributed by atoms with Gasteiger partial charge in [0, 0.05) is 25.8 Å². The van der Waals surface area contributed by atoms with Crippen LogP contribution in [-0.2, 0) is 4.74 Å². The van der Waals surface area contributed by atoms with E-state index >= 15 is 0 Å². The van der Waals surface area contributed by atoms with Crippen molar-refractivity contribution in [2.75, 3.05) is 36.9 Å². The first-order chi connectivity index (χ1) is 6.77. The molecule has 0 fully saturated rings. The lowest BCUT2D eigenvalue weighted by molar-refractivity contribution is 0.154. The van der Waals surface area contributed by atoms with E-state index in [1.54, 1.807) is 0 Å². The number of ether oxygens (including phenoxy) is 1. The van der Waals surface area contributed by atoms with Crippen molar-refractivity contribution < 1.29 is 4.74 Å². The van der Waals surface area contributed by atoms with Gasteiger partial charge in [-0.3, -0.25) is 0 Å². The standard InChI is InChI=1S/C9H17N3OS/c1-3-12(5-6-13-4-2)9-7-8(10)11-14-9/h7H,3-6H2,1-2H3,(H2,10,11). The number of nitrogens with zero attached hydrogens (tertiary/aromatic N) is 2. The Labute approximate surface area is 88.8 Å². The van der Waals surface area contributed by atoms with Crippen molar-refractivity contribution in [2.45, 2.75) is 13.8 Å². The van der Waals surface area contributed by atoms with Gasteiger partial charge in [-0.2, -0.15) is 4.37 Å². The molecule has 0 saturated heterocycles. The number of likely N-dealkylation sites (N-methyl/N-ethyl adjacent to an activating group) is 1. The van der Waals surface area contributed by atoms with Crippen LogP contribution in [-0.4, -0.2) is 30.7 Å². The first kappa shape index (κ1) is 11.3. The van der Waals surface area contributed by atoms with Crippen LogP contribution in [0.3, 0.4) is 0 Å². The maximum atomic E-state index is 5.57. The highest BCUT2D eigenvalue weighted by atomic mass is 32.1. The Morgan fingerprint density at radius 3 is 2.86 bits per heavy atom. The predicted octanol–water partition coefficient (Wildman–Crippen LogP) is 1.59. The van der Waals surface area contributed by atoms with Crippen LogP contribution in [0.5, 0.6) is 0 Å². The molecule has 4 nitrogen and oxygen atoms in total. The van der Waals surface area contributed by atoms with Gasteiger partial charge >= 0.3 is 0 Å². The van der Waals surface area contributed by atoms with Gasteiger partial charge in [0.15, 0.2) is 0 Å². The lowest BCUT2D eigenvalue weighted by Gasteiger charge is -2.19. The molecule has 0 bridgehead atoms. The van der Waals surface area contributed by atoms with Crippen molar-refractivity contribution in [1.82, 2.24) is 4.37 Å². The molecule has 0 spiro atoms. The monoisotopic (exact) mass is 215 g/mol. The van der Waals surface area contributed by atoms with E-state index in [2.05, 4.69) is 16.2 Å². The molecule has 80 valence electrons. The van der Waals surface area contributed by atoms with E-state index < -0.39 is 0 Å². The third-order valence-corrected chi connectivity index (χ3v) is 2.78. The van der Waals surface area contributed by atoms with Gasteiger partial charge in [0.2, 0.25) is 0 Å². The number of hydrogen-bond acceptors (Lipinski definition) is 5. The van der Waals surface area contributed by atoms with Gasteiger partial charge in [-0.05, 0) is 25.4 Å². The molecule has 1 heterocycles. The molecular formula is C9H17N3OS. The van der Waals surface area contributed by atoms with Crippen LogP contribution < -0.4 is 10.6 Å². The lowest BCUT2D eigenvalue weighted by Crippen LogP contribution is -2.26. The summed E-state index contributed by atoms with van der Waals surface area (Å²) in [6.07, 6.45) is 0. The molecule has 0 unspecified atom stereocenters. The van der Waals surface area contributed by atoms with Crippen LogP contribution in [0.4, 0.5) is 10.8 Å². The average molecular weight is 215 g/mol. The van der Waals surface area contributed by atoms with Crippen LogP contribution in [0.1, 0.15) is 13.8 Å². The van der Waals surface area contributed by atoms with Crippen LogP contribution in [0.2, 0.25) is 0 Å². The highest BCUT2D eigenvalue weighted by molar-refractivity contribution is 7.10. The second kappa shape index (κ2) is 5.82. The summed E-state index contributed by atoms with van der Waals surface area (Å²) < 4.78 is 9.36. The van der Waals surface area contributed by atoms with E-state index in [-0.39, 0.29) is 0 Å². The van der Waals surface area contributed by atoms with Gasteiger partial charge in [-0.25, -0.2) is 0 Å².